The Kier molecular flexibility index (Phi) is 3.79. The molecule has 21 heavy (non-hydrogen) atoms. The molecule has 1 aliphatic heterocycles. The molecule has 1 saturated heterocycles. The SMILES string of the molecule is CC(C)(C)OC(=O)N1CC(C(=O)O)(c2nccnc2Cl)C1. The first-order chi connectivity index (χ1) is 9.66. The molecule has 2 heterocycles. The van der Waals surface area contributed by atoms with Crippen LogP contribution in [0.2, 0.25) is 5.15 Å². The second-order valence-corrected chi connectivity index (χ2v) is 6.28. The number of carboxylic acids is 1. The van der Waals surface area contributed by atoms with Gasteiger partial charge in [-0.25, -0.2) is 9.78 Å². The van der Waals surface area contributed by atoms with Crippen LogP contribution in [-0.4, -0.2) is 50.7 Å². The molecule has 1 N–H and O–H groups in total. The molecule has 0 saturated carbocycles. The molecular formula is C13H16ClN3O4. The van der Waals surface area contributed by atoms with Gasteiger partial charge in [0.25, 0.3) is 0 Å². The van der Waals surface area contributed by atoms with Gasteiger partial charge >= 0.3 is 12.1 Å². The van der Waals surface area contributed by atoms with E-state index in [1.54, 1.807) is 20.8 Å². The average Bonchev–Trinajstić information content (AvgIpc) is 2.27. The minimum Gasteiger partial charge on any atom is -0.480 e. The summed E-state index contributed by atoms with van der Waals surface area (Å²) in [6.07, 6.45) is 2.20. The molecule has 0 radical (unpaired) electrons. The van der Waals surface area contributed by atoms with Crippen molar-refractivity contribution in [1.82, 2.24) is 14.9 Å². The predicted octanol–water partition coefficient (Wildman–Crippen LogP) is 1.70. The molecule has 1 aromatic rings. The molecule has 2 rings (SSSR count). The predicted molar refractivity (Wildman–Crippen MR) is 74.2 cm³/mol. The van der Waals surface area contributed by atoms with Crippen LogP contribution >= 0.6 is 11.6 Å². The first-order valence-electron chi connectivity index (χ1n) is 6.34. The van der Waals surface area contributed by atoms with Crippen molar-refractivity contribution in [3.05, 3.63) is 23.2 Å². The van der Waals surface area contributed by atoms with Crippen molar-refractivity contribution in [3.63, 3.8) is 0 Å². The van der Waals surface area contributed by atoms with Crippen LogP contribution in [0.4, 0.5) is 4.79 Å². The van der Waals surface area contributed by atoms with Crippen molar-refractivity contribution in [2.24, 2.45) is 0 Å². The Labute approximate surface area is 126 Å². The van der Waals surface area contributed by atoms with Crippen LogP contribution in [0.5, 0.6) is 0 Å². The molecule has 114 valence electrons. The van der Waals surface area contributed by atoms with Gasteiger partial charge in [-0.2, -0.15) is 0 Å². The lowest BCUT2D eigenvalue weighted by molar-refractivity contribution is -0.150. The lowest BCUT2D eigenvalue weighted by Gasteiger charge is -2.46. The van der Waals surface area contributed by atoms with Crippen molar-refractivity contribution in [2.75, 3.05) is 13.1 Å². The van der Waals surface area contributed by atoms with Crippen LogP contribution in [0.1, 0.15) is 26.5 Å². The monoisotopic (exact) mass is 313 g/mol. The molecule has 7 nitrogen and oxygen atoms in total. The van der Waals surface area contributed by atoms with E-state index in [0.717, 1.165) is 0 Å². The van der Waals surface area contributed by atoms with Gasteiger partial charge in [0.1, 0.15) is 11.0 Å². The fourth-order valence-electron chi connectivity index (χ4n) is 2.09. The lowest BCUT2D eigenvalue weighted by atomic mass is 9.77. The Morgan fingerprint density at radius 3 is 2.38 bits per heavy atom. The number of nitrogens with zero attached hydrogens (tertiary/aromatic N) is 3. The van der Waals surface area contributed by atoms with E-state index in [4.69, 9.17) is 16.3 Å². The van der Waals surface area contributed by atoms with E-state index >= 15 is 0 Å². The first kappa shape index (κ1) is 15.5. The van der Waals surface area contributed by atoms with E-state index in [1.807, 2.05) is 0 Å². The van der Waals surface area contributed by atoms with E-state index in [-0.39, 0.29) is 23.9 Å². The second kappa shape index (κ2) is 5.14. The van der Waals surface area contributed by atoms with Crippen molar-refractivity contribution < 1.29 is 19.4 Å². The van der Waals surface area contributed by atoms with Gasteiger partial charge in [0.2, 0.25) is 0 Å². The van der Waals surface area contributed by atoms with E-state index in [2.05, 4.69) is 9.97 Å². The summed E-state index contributed by atoms with van der Waals surface area (Å²) in [7, 11) is 0. The minimum absolute atomic E-state index is 0.0312. The largest absolute Gasteiger partial charge is 0.480 e. The van der Waals surface area contributed by atoms with Gasteiger partial charge in [0.05, 0.1) is 5.69 Å². The molecule has 1 aromatic heterocycles. The summed E-state index contributed by atoms with van der Waals surface area (Å²) in [4.78, 5) is 32.7. The molecule has 0 spiro atoms. The van der Waals surface area contributed by atoms with Gasteiger partial charge in [-0.1, -0.05) is 11.6 Å². The Morgan fingerprint density at radius 2 is 1.90 bits per heavy atom. The summed E-state index contributed by atoms with van der Waals surface area (Å²) in [5.74, 6) is -1.09. The summed E-state index contributed by atoms with van der Waals surface area (Å²) in [5.41, 5.74) is -1.80. The number of aliphatic carboxylic acids is 1. The van der Waals surface area contributed by atoms with Gasteiger partial charge in [0, 0.05) is 25.5 Å². The molecule has 0 aliphatic carbocycles. The first-order valence-corrected chi connectivity index (χ1v) is 6.72. The number of halogens is 1. The highest BCUT2D eigenvalue weighted by atomic mass is 35.5. The van der Waals surface area contributed by atoms with Crippen molar-refractivity contribution in [3.8, 4) is 0 Å². The summed E-state index contributed by atoms with van der Waals surface area (Å²) >= 11 is 5.93. The maximum Gasteiger partial charge on any atom is 0.410 e. The molecule has 1 amide bonds. The number of rotatable bonds is 2. The zero-order valence-electron chi connectivity index (χ0n) is 12.0. The van der Waals surface area contributed by atoms with Crippen LogP contribution in [0.3, 0.4) is 0 Å². The standard InChI is InChI=1S/C13H16ClN3O4/c1-12(2,3)21-11(20)17-6-13(7-17,10(18)19)8-9(14)16-5-4-15-8/h4-5H,6-7H2,1-3H3,(H,18,19). The Bertz CT molecular complexity index is 579. The highest BCUT2D eigenvalue weighted by molar-refractivity contribution is 6.30. The number of carboxylic acid groups (broad SMARTS) is 1. The van der Waals surface area contributed by atoms with E-state index in [0.29, 0.717) is 0 Å². The molecule has 0 bridgehead atoms. The van der Waals surface area contributed by atoms with Crippen LogP contribution in [0.25, 0.3) is 0 Å². The van der Waals surface area contributed by atoms with Gasteiger partial charge in [-0.15, -0.1) is 0 Å². The average molecular weight is 314 g/mol. The number of aromatic nitrogens is 2. The minimum atomic E-state index is -1.33. The van der Waals surface area contributed by atoms with Gasteiger partial charge < -0.3 is 14.7 Å². The Hall–Kier alpha value is -1.89. The fourth-order valence-corrected chi connectivity index (χ4v) is 2.38. The molecule has 8 heteroatoms. The topological polar surface area (TPSA) is 92.6 Å². The van der Waals surface area contributed by atoms with E-state index in [9.17, 15) is 14.7 Å². The summed E-state index contributed by atoms with van der Waals surface area (Å²) < 4.78 is 5.21. The maximum atomic E-state index is 11.9. The van der Waals surface area contributed by atoms with Gasteiger partial charge in [-0.3, -0.25) is 9.78 Å². The quantitative estimate of drug-likeness (QED) is 0.893. The molecular weight excluding hydrogens is 298 g/mol. The molecule has 1 fully saturated rings. The highest BCUT2D eigenvalue weighted by Crippen LogP contribution is 2.37. The van der Waals surface area contributed by atoms with Crippen LogP contribution in [-0.2, 0) is 14.9 Å². The van der Waals surface area contributed by atoms with Gasteiger partial charge in [-0.05, 0) is 20.8 Å². The van der Waals surface area contributed by atoms with Crippen molar-refractivity contribution >= 4 is 23.7 Å². The number of hydrogen-bond donors (Lipinski definition) is 1. The smallest absolute Gasteiger partial charge is 0.410 e. The molecule has 0 atom stereocenters. The third-order valence-electron chi connectivity index (χ3n) is 3.09. The second-order valence-electron chi connectivity index (χ2n) is 5.92. The molecule has 0 unspecified atom stereocenters. The van der Waals surface area contributed by atoms with E-state index < -0.39 is 23.1 Å². The zero-order valence-corrected chi connectivity index (χ0v) is 12.7. The number of ether oxygens (including phenoxy) is 1. The number of hydrogen-bond acceptors (Lipinski definition) is 5. The molecule has 0 aromatic carbocycles. The number of amides is 1. The normalized spacial score (nSPS) is 17.0. The third kappa shape index (κ3) is 2.92. The number of likely N-dealkylation sites (tertiary alicyclic amines) is 1. The number of carbonyl (C=O) groups excluding carboxylic acids is 1. The van der Waals surface area contributed by atoms with Crippen LogP contribution < -0.4 is 0 Å². The summed E-state index contributed by atoms with van der Waals surface area (Å²) in [5, 5.41) is 9.52. The van der Waals surface area contributed by atoms with Crippen LogP contribution in [0, 0.1) is 0 Å². The van der Waals surface area contributed by atoms with Crippen LogP contribution in [0.15, 0.2) is 12.4 Å². The van der Waals surface area contributed by atoms with Gasteiger partial charge in [0.15, 0.2) is 5.15 Å². The Morgan fingerprint density at radius 1 is 1.33 bits per heavy atom. The van der Waals surface area contributed by atoms with Crippen molar-refractivity contribution in [2.45, 2.75) is 31.8 Å². The highest BCUT2D eigenvalue weighted by Gasteiger charge is 2.56. The summed E-state index contributed by atoms with van der Waals surface area (Å²) in [6, 6.07) is 0. The molecule has 1 aliphatic rings. The zero-order chi connectivity index (χ0) is 15.8. The summed E-state index contributed by atoms with van der Waals surface area (Å²) in [6.45, 7) is 5.14. The van der Waals surface area contributed by atoms with Crippen molar-refractivity contribution in [1.29, 1.82) is 0 Å². The lowest BCUT2D eigenvalue weighted by Crippen LogP contribution is -2.66. The third-order valence-corrected chi connectivity index (χ3v) is 3.37. The van der Waals surface area contributed by atoms with E-state index in [1.165, 1.54) is 17.3 Å². The maximum absolute atomic E-state index is 11.9. The Balaban J connectivity index is 2.18. The fraction of sp³-hybridized carbons (Fsp3) is 0.538. The number of carbonyl (C=O) groups is 2.